The molecule has 0 aromatic heterocycles. The molecule has 0 fully saturated rings. The first kappa shape index (κ1) is 15.9. The highest BCUT2D eigenvalue weighted by Crippen LogP contribution is 2.07. The van der Waals surface area contributed by atoms with E-state index >= 15 is 0 Å². The van der Waals surface area contributed by atoms with E-state index in [4.69, 9.17) is 4.74 Å². The van der Waals surface area contributed by atoms with E-state index in [1.165, 1.54) is 6.42 Å². The third-order valence-electron chi connectivity index (χ3n) is 3.20. The van der Waals surface area contributed by atoms with Crippen LogP contribution in [-0.4, -0.2) is 49.8 Å². The van der Waals surface area contributed by atoms with Crippen molar-refractivity contribution in [3.63, 3.8) is 0 Å². The molecule has 0 bridgehead atoms. The Morgan fingerprint density at radius 2 is 1.88 bits per heavy atom. The number of nitrogens with zero attached hydrogens (tertiary/aromatic N) is 1. The van der Waals surface area contributed by atoms with Crippen LogP contribution >= 0.6 is 0 Å². The Balaban J connectivity index is 4.09. The van der Waals surface area contributed by atoms with Crippen LogP contribution in [0, 0.1) is 0 Å². The normalized spacial score (nSPS) is 15.4. The van der Waals surface area contributed by atoms with Gasteiger partial charge in [0.15, 0.2) is 0 Å². The van der Waals surface area contributed by atoms with Crippen LogP contribution in [0.1, 0.15) is 41.0 Å². The summed E-state index contributed by atoms with van der Waals surface area (Å²) in [7, 11) is 0. The molecule has 0 aliphatic carbocycles. The molecule has 1 N–H and O–H groups in total. The van der Waals surface area contributed by atoms with Crippen molar-refractivity contribution in [2.24, 2.45) is 0 Å². The third-order valence-corrected chi connectivity index (χ3v) is 3.20. The van der Waals surface area contributed by atoms with Gasteiger partial charge in [0.1, 0.15) is 0 Å². The molecule has 0 heterocycles. The molecule has 0 spiro atoms. The molecule has 0 aliphatic heterocycles. The number of rotatable bonds is 10. The van der Waals surface area contributed by atoms with E-state index in [-0.39, 0.29) is 0 Å². The summed E-state index contributed by atoms with van der Waals surface area (Å²) in [6.07, 6.45) is 1.18. The molecule has 98 valence electrons. The van der Waals surface area contributed by atoms with E-state index < -0.39 is 0 Å². The summed E-state index contributed by atoms with van der Waals surface area (Å²) in [5, 5.41) is 3.55. The maximum absolute atomic E-state index is 5.43. The summed E-state index contributed by atoms with van der Waals surface area (Å²) >= 11 is 0. The highest BCUT2D eigenvalue weighted by atomic mass is 16.5. The van der Waals surface area contributed by atoms with Crippen LogP contribution in [0.3, 0.4) is 0 Å². The van der Waals surface area contributed by atoms with Gasteiger partial charge in [-0.1, -0.05) is 20.8 Å². The first-order valence-corrected chi connectivity index (χ1v) is 6.76. The van der Waals surface area contributed by atoms with Crippen molar-refractivity contribution in [1.82, 2.24) is 10.2 Å². The molecule has 3 heteroatoms. The molecule has 0 aliphatic rings. The molecule has 2 atom stereocenters. The second-order valence-electron chi connectivity index (χ2n) is 4.14. The van der Waals surface area contributed by atoms with Crippen molar-refractivity contribution in [1.29, 1.82) is 0 Å². The topological polar surface area (TPSA) is 24.5 Å². The molecule has 0 radical (unpaired) electrons. The largest absolute Gasteiger partial charge is 0.380 e. The summed E-state index contributed by atoms with van der Waals surface area (Å²) in [5.41, 5.74) is 0. The molecule has 0 aromatic carbocycles. The zero-order chi connectivity index (χ0) is 12.4. The third kappa shape index (κ3) is 5.83. The Hall–Kier alpha value is -0.120. The second-order valence-corrected chi connectivity index (χ2v) is 4.14. The number of hydrogen-bond acceptors (Lipinski definition) is 3. The van der Waals surface area contributed by atoms with E-state index in [1.807, 2.05) is 6.92 Å². The zero-order valence-corrected chi connectivity index (χ0v) is 11.8. The van der Waals surface area contributed by atoms with Crippen molar-refractivity contribution in [2.45, 2.75) is 53.1 Å². The van der Waals surface area contributed by atoms with Crippen LogP contribution in [0.2, 0.25) is 0 Å². The predicted molar refractivity (Wildman–Crippen MR) is 71.0 cm³/mol. The first-order valence-electron chi connectivity index (χ1n) is 6.76. The van der Waals surface area contributed by atoms with Gasteiger partial charge in [-0.2, -0.15) is 0 Å². The van der Waals surface area contributed by atoms with Gasteiger partial charge in [0.05, 0.1) is 6.61 Å². The minimum atomic E-state index is 0.579. The van der Waals surface area contributed by atoms with Crippen LogP contribution in [-0.2, 0) is 4.74 Å². The van der Waals surface area contributed by atoms with Gasteiger partial charge in [0, 0.05) is 25.2 Å². The molecule has 0 saturated carbocycles. The predicted octanol–water partition coefficient (Wildman–Crippen LogP) is 2.12. The van der Waals surface area contributed by atoms with E-state index in [0.29, 0.717) is 12.1 Å². The van der Waals surface area contributed by atoms with Crippen molar-refractivity contribution in [3.8, 4) is 0 Å². The van der Waals surface area contributed by atoms with Crippen molar-refractivity contribution in [2.75, 3.05) is 32.8 Å². The summed E-state index contributed by atoms with van der Waals surface area (Å²) < 4.78 is 5.43. The Bertz CT molecular complexity index is 153. The van der Waals surface area contributed by atoms with E-state index in [1.54, 1.807) is 0 Å². The van der Waals surface area contributed by atoms with E-state index in [2.05, 4.69) is 37.9 Å². The SMILES string of the molecule is CCNC(CC)C(C)N(CC)CCOCC. The smallest absolute Gasteiger partial charge is 0.0593 e. The number of ether oxygens (including phenoxy) is 1. The molecule has 0 amide bonds. The molecule has 0 saturated heterocycles. The van der Waals surface area contributed by atoms with Gasteiger partial charge >= 0.3 is 0 Å². The van der Waals surface area contributed by atoms with E-state index in [0.717, 1.165) is 32.8 Å². The minimum absolute atomic E-state index is 0.579. The van der Waals surface area contributed by atoms with Crippen molar-refractivity contribution >= 4 is 0 Å². The molecular formula is C13H30N2O. The summed E-state index contributed by atoms with van der Waals surface area (Å²) in [6, 6.07) is 1.17. The Labute approximate surface area is 102 Å². The lowest BCUT2D eigenvalue weighted by molar-refractivity contribution is 0.0897. The summed E-state index contributed by atoms with van der Waals surface area (Å²) in [4.78, 5) is 2.49. The molecule has 3 nitrogen and oxygen atoms in total. The molecule has 0 aromatic rings. The van der Waals surface area contributed by atoms with Crippen molar-refractivity contribution in [3.05, 3.63) is 0 Å². The van der Waals surface area contributed by atoms with Crippen LogP contribution in [0.15, 0.2) is 0 Å². The van der Waals surface area contributed by atoms with Gasteiger partial charge < -0.3 is 10.1 Å². The van der Waals surface area contributed by atoms with E-state index in [9.17, 15) is 0 Å². The maximum Gasteiger partial charge on any atom is 0.0593 e. The highest BCUT2D eigenvalue weighted by molar-refractivity contribution is 4.79. The maximum atomic E-state index is 5.43. The number of nitrogens with one attached hydrogen (secondary N) is 1. The lowest BCUT2D eigenvalue weighted by Gasteiger charge is -2.34. The quantitative estimate of drug-likeness (QED) is 0.582. The minimum Gasteiger partial charge on any atom is -0.380 e. The molecule has 2 unspecified atom stereocenters. The van der Waals surface area contributed by atoms with Gasteiger partial charge in [0.2, 0.25) is 0 Å². The zero-order valence-electron chi connectivity index (χ0n) is 11.8. The monoisotopic (exact) mass is 230 g/mol. The number of hydrogen-bond donors (Lipinski definition) is 1. The Kier molecular flexibility index (Phi) is 9.99. The standard InChI is InChI=1S/C13H30N2O/c1-6-13(14-7-2)12(5)15(8-3)10-11-16-9-4/h12-14H,6-11H2,1-5H3. The lowest BCUT2D eigenvalue weighted by atomic mass is 10.1. The Morgan fingerprint density at radius 1 is 1.19 bits per heavy atom. The molecular weight excluding hydrogens is 200 g/mol. The average molecular weight is 230 g/mol. The second kappa shape index (κ2) is 10.1. The fourth-order valence-corrected chi connectivity index (χ4v) is 2.15. The fraction of sp³-hybridized carbons (Fsp3) is 1.00. The Morgan fingerprint density at radius 3 is 2.31 bits per heavy atom. The average Bonchev–Trinajstić information content (AvgIpc) is 2.31. The lowest BCUT2D eigenvalue weighted by Crippen LogP contribution is -2.49. The van der Waals surface area contributed by atoms with Crippen LogP contribution < -0.4 is 5.32 Å². The van der Waals surface area contributed by atoms with Gasteiger partial charge in [-0.15, -0.1) is 0 Å². The van der Waals surface area contributed by atoms with Crippen LogP contribution in [0.25, 0.3) is 0 Å². The summed E-state index contributed by atoms with van der Waals surface area (Å²) in [6.45, 7) is 15.8. The van der Waals surface area contributed by atoms with Crippen molar-refractivity contribution < 1.29 is 4.74 Å². The van der Waals surface area contributed by atoms with Gasteiger partial charge in [-0.3, -0.25) is 4.90 Å². The number of likely N-dealkylation sites (N-methyl/N-ethyl adjacent to an activating group) is 2. The van der Waals surface area contributed by atoms with Gasteiger partial charge in [0.25, 0.3) is 0 Å². The van der Waals surface area contributed by atoms with Crippen LogP contribution in [0.5, 0.6) is 0 Å². The highest BCUT2D eigenvalue weighted by Gasteiger charge is 2.19. The molecule has 0 rings (SSSR count). The van der Waals surface area contributed by atoms with Crippen LogP contribution in [0.4, 0.5) is 0 Å². The summed E-state index contributed by atoms with van der Waals surface area (Å²) in [5.74, 6) is 0. The molecule has 16 heavy (non-hydrogen) atoms. The fourth-order valence-electron chi connectivity index (χ4n) is 2.15. The van der Waals surface area contributed by atoms with Gasteiger partial charge in [-0.05, 0) is 33.4 Å². The first-order chi connectivity index (χ1) is 7.71. The van der Waals surface area contributed by atoms with Gasteiger partial charge in [-0.25, -0.2) is 0 Å².